The van der Waals surface area contributed by atoms with Crippen LogP contribution in [-0.2, 0) is 16.4 Å². The van der Waals surface area contributed by atoms with Crippen molar-refractivity contribution >= 4 is 21.9 Å². The van der Waals surface area contributed by atoms with E-state index < -0.39 is 45.8 Å². The monoisotopic (exact) mass is 486 g/mol. The summed E-state index contributed by atoms with van der Waals surface area (Å²) >= 11 is 0. The van der Waals surface area contributed by atoms with Crippen LogP contribution in [0.4, 0.5) is 14.8 Å². The second-order valence-corrected chi connectivity index (χ2v) is 9.43. The molecule has 33 heavy (non-hydrogen) atoms. The Morgan fingerprint density at radius 3 is 2.52 bits per heavy atom. The van der Waals surface area contributed by atoms with E-state index in [0.29, 0.717) is 10.4 Å². The highest BCUT2D eigenvalue weighted by Gasteiger charge is 2.30. The molecule has 0 saturated carbocycles. The summed E-state index contributed by atoms with van der Waals surface area (Å²) in [5.41, 5.74) is -0.208. The number of nitrogens with zero attached hydrogens (tertiary/aromatic N) is 3. The molecule has 0 aliphatic rings. The number of unbranched alkanes of at least 4 members (excludes halogenated alkanes) is 1. The minimum Gasteiger partial charge on any atom is -0.430 e. The largest absolute Gasteiger partial charge is 0.430 e. The number of halogens is 2. The van der Waals surface area contributed by atoms with E-state index in [2.05, 4.69) is 10.3 Å². The van der Waals surface area contributed by atoms with E-state index in [1.165, 1.54) is 7.05 Å². The topological polar surface area (TPSA) is 157 Å². The van der Waals surface area contributed by atoms with E-state index in [9.17, 15) is 32.2 Å². The predicted molar refractivity (Wildman–Crippen MR) is 113 cm³/mol. The first-order chi connectivity index (χ1) is 15.4. The van der Waals surface area contributed by atoms with Crippen LogP contribution in [0.1, 0.15) is 35.3 Å². The highest BCUT2D eigenvalue weighted by Crippen LogP contribution is 2.18. The molecule has 2 aromatic rings. The van der Waals surface area contributed by atoms with Gasteiger partial charge in [-0.3, -0.25) is 4.79 Å². The summed E-state index contributed by atoms with van der Waals surface area (Å²) in [6, 6.07) is 3.04. The maximum atomic E-state index is 13.6. The fourth-order valence-electron chi connectivity index (χ4n) is 2.97. The zero-order chi connectivity index (χ0) is 24.8. The van der Waals surface area contributed by atoms with Gasteiger partial charge in [-0.15, -0.1) is 0 Å². The van der Waals surface area contributed by atoms with E-state index in [0.717, 1.165) is 24.7 Å². The third-order valence-corrected chi connectivity index (χ3v) is 5.93. The summed E-state index contributed by atoms with van der Waals surface area (Å²) in [7, 11) is -2.53. The number of rotatable bonds is 11. The van der Waals surface area contributed by atoms with Crippen LogP contribution in [0.15, 0.2) is 28.9 Å². The van der Waals surface area contributed by atoms with Crippen LogP contribution >= 0.6 is 0 Å². The maximum absolute atomic E-state index is 13.6. The molecule has 0 spiro atoms. The van der Waals surface area contributed by atoms with Gasteiger partial charge in [-0.25, -0.2) is 21.5 Å². The zero-order valence-corrected chi connectivity index (χ0v) is 18.7. The summed E-state index contributed by atoms with van der Waals surface area (Å²) in [5, 5.41) is 32.0. The van der Waals surface area contributed by atoms with Crippen LogP contribution in [-0.4, -0.2) is 61.1 Å². The molecule has 3 unspecified atom stereocenters. The molecule has 0 fully saturated rings. The Balaban J connectivity index is 2.24. The number of aliphatic hydroxyl groups excluding tert-OH is 2. The highest BCUT2D eigenvalue weighted by molar-refractivity contribution is 7.92. The molecular weight excluding hydrogens is 462 g/mol. The lowest BCUT2D eigenvalue weighted by Crippen LogP contribution is -2.50. The summed E-state index contributed by atoms with van der Waals surface area (Å²) in [5.74, 6) is -2.59. The molecule has 1 aromatic heterocycles. The normalized spacial score (nSPS) is 14.2. The van der Waals surface area contributed by atoms with Crippen LogP contribution in [0.3, 0.4) is 0 Å². The number of oxazole rings is 1. The van der Waals surface area contributed by atoms with Crippen LogP contribution < -0.4 is 9.62 Å². The molecule has 3 atom stereocenters. The van der Waals surface area contributed by atoms with Crippen molar-refractivity contribution in [1.82, 2.24) is 10.3 Å². The minimum atomic E-state index is -3.70. The number of benzene rings is 1. The summed E-state index contributed by atoms with van der Waals surface area (Å²) in [6.07, 6.45) is -0.845. The van der Waals surface area contributed by atoms with Gasteiger partial charge in [0, 0.05) is 19.5 Å². The second-order valence-electron chi connectivity index (χ2n) is 7.42. The van der Waals surface area contributed by atoms with Gasteiger partial charge in [-0.2, -0.15) is 10.2 Å². The van der Waals surface area contributed by atoms with Gasteiger partial charge >= 0.3 is 6.01 Å². The van der Waals surface area contributed by atoms with E-state index in [-0.39, 0.29) is 43.0 Å². The molecule has 0 radical (unpaired) electrons. The Labute approximate surface area is 189 Å². The average Bonchev–Trinajstić information content (AvgIpc) is 3.21. The molecule has 13 heteroatoms. The summed E-state index contributed by atoms with van der Waals surface area (Å²) in [4.78, 5) is 16.5. The van der Waals surface area contributed by atoms with Crippen LogP contribution in [0.25, 0.3) is 0 Å². The quantitative estimate of drug-likeness (QED) is 0.399. The van der Waals surface area contributed by atoms with Crippen LogP contribution in [0, 0.1) is 23.0 Å². The first-order valence-electron chi connectivity index (χ1n) is 9.80. The first-order valence-corrected chi connectivity index (χ1v) is 11.7. The van der Waals surface area contributed by atoms with E-state index >= 15 is 0 Å². The van der Waals surface area contributed by atoms with Gasteiger partial charge in [0.05, 0.1) is 24.5 Å². The number of amides is 1. The third kappa shape index (κ3) is 7.48. The fraction of sp³-hybridized carbons (Fsp3) is 0.450. The molecule has 10 nitrogen and oxygen atoms in total. The third-order valence-electron chi connectivity index (χ3n) is 4.78. The number of carbonyl (C=O) groups excluding carboxylic acids is 1. The number of nitriles is 1. The van der Waals surface area contributed by atoms with Gasteiger partial charge in [-0.1, -0.05) is 0 Å². The van der Waals surface area contributed by atoms with Gasteiger partial charge < -0.3 is 19.9 Å². The lowest BCUT2D eigenvalue weighted by Gasteiger charge is -2.27. The van der Waals surface area contributed by atoms with Crippen molar-refractivity contribution in [1.29, 1.82) is 5.26 Å². The standard InChI is InChI=1S/C20H24F2N4O6S/c1-26(33(2,30)31)20-25-16(11-32-20)19(29)24-15(18(28)17(27)5-3-4-6-23)9-12-7-13(21)10-14(22)8-12/h7-8,10-11,15,17-18,27-28H,3-5,9H2,1-2H3,(H,24,29). The Bertz CT molecular complexity index is 1100. The Kier molecular flexibility index (Phi) is 8.86. The Hall–Kier alpha value is -3.08. The number of anilines is 1. The molecule has 180 valence electrons. The second kappa shape index (κ2) is 11.2. The van der Waals surface area contributed by atoms with Crippen molar-refractivity contribution in [2.24, 2.45) is 0 Å². The van der Waals surface area contributed by atoms with E-state index in [1.54, 1.807) is 0 Å². The molecule has 0 aliphatic heterocycles. The molecule has 0 aliphatic carbocycles. The maximum Gasteiger partial charge on any atom is 0.311 e. The van der Waals surface area contributed by atoms with E-state index in [4.69, 9.17) is 9.68 Å². The molecule has 1 amide bonds. The lowest BCUT2D eigenvalue weighted by molar-refractivity contribution is -0.00794. The van der Waals surface area contributed by atoms with Crippen molar-refractivity contribution < 1.29 is 36.6 Å². The molecule has 1 heterocycles. The van der Waals surface area contributed by atoms with Gasteiger partial charge in [0.2, 0.25) is 10.0 Å². The average molecular weight is 486 g/mol. The number of sulfonamides is 1. The molecule has 3 N–H and O–H groups in total. The van der Waals surface area contributed by atoms with Crippen LogP contribution in [0.2, 0.25) is 0 Å². The Morgan fingerprint density at radius 2 is 1.94 bits per heavy atom. The van der Waals surface area contributed by atoms with Gasteiger partial charge in [0.15, 0.2) is 5.69 Å². The van der Waals surface area contributed by atoms with Crippen molar-refractivity contribution in [3.63, 3.8) is 0 Å². The summed E-state index contributed by atoms with van der Waals surface area (Å²) < 4.78 is 56.1. The number of nitrogens with one attached hydrogen (secondary N) is 1. The van der Waals surface area contributed by atoms with Gasteiger partial charge in [0.1, 0.15) is 24.0 Å². The van der Waals surface area contributed by atoms with Crippen molar-refractivity contribution in [2.75, 3.05) is 17.6 Å². The number of hydrogen-bond donors (Lipinski definition) is 3. The number of hydrogen-bond acceptors (Lipinski definition) is 8. The van der Waals surface area contributed by atoms with Gasteiger partial charge in [0.25, 0.3) is 5.91 Å². The SMILES string of the molecule is CN(c1nc(C(=O)NC(Cc2cc(F)cc(F)c2)C(O)C(O)CCCC#N)co1)S(C)(=O)=O. The molecule has 0 bridgehead atoms. The number of aliphatic hydroxyl groups is 2. The van der Waals surface area contributed by atoms with Crippen molar-refractivity contribution in [3.05, 3.63) is 47.4 Å². The van der Waals surface area contributed by atoms with E-state index in [1.807, 2.05) is 6.07 Å². The molecular formula is C20H24F2N4O6S. The lowest BCUT2D eigenvalue weighted by atomic mass is 9.95. The molecule has 2 rings (SSSR count). The fourth-order valence-corrected chi connectivity index (χ4v) is 3.33. The summed E-state index contributed by atoms with van der Waals surface area (Å²) in [6.45, 7) is 0. The number of aromatic nitrogens is 1. The van der Waals surface area contributed by atoms with Crippen LogP contribution in [0.5, 0.6) is 0 Å². The molecule has 0 saturated heterocycles. The molecule has 1 aromatic carbocycles. The number of carbonyl (C=O) groups is 1. The van der Waals surface area contributed by atoms with Gasteiger partial charge in [-0.05, 0) is 37.0 Å². The smallest absolute Gasteiger partial charge is 0.311 e. The van der Waals surface area contributed by atoms with Crippen molar-refractivity contribution in [3.8, 4) is 6.07 Å². The zero-order valence-electron chi connectivity index (χ0n) is 17.9. The highest BCUT2D eigenvalue weighted by atomic mass is 32.2. The minimum absolute atomic E-state index is 0.0475. The first kappa shape index (κ1) is 26.2. The Morgan fingerprint density at radius 1 is 1.30 bits per heavy atom. The predicted octanol–water partition coefficient (Wildman–Crippen LogP) is 1.11. The van der Waals surface area contributed by atoms with Crippen molar-refractivity contribution in [2.45, 2.75) is 43.9 Å².